The molecule has 1 saturated carbocycles. The fourth-order valence-corrected chi connectivity index (χ4v) is 2.97. The molecular formula is C16H22N2O3. The molecule has 2 fully saturated rings. The van der Waals surface area contributed by atoms with Gasteiger partial charge in [0.25, 0.3) is 0 Å². The van der Waals surface area contributed by atoms with Gasteiger partial charge in [-0.1, -0.05) is 0 Å². The molecule has 1 saturated heterocycles. The first kappa shape index (κ1) is 14.2. The Balaban J connectivity index is 1.63. The molecule has 2 atom stereocenters. The second kappa shape index (κ2) is 5.92. The van der Waals surface area contributed by atoms with Crippen LogP contribution in [-0.4, -0.2) is 35.3 Å². The molecule has 21 heavy (non-hydrogen) atoms. The van der Waals surface area contributed by atoms with E-state index in [0.29, 0.717) is 18.9 Å². The molecule has 0 aromatic carbocycles. The van der Waals surface area contributed by atoms with E-state index in [9.17, 15) is 9.59 Å². The molecule has 3 rings (SSSR count). The van der Waals surface area contributed by atoms with Crippen LogP contribution in [-0.2, 0) is 16.0 Å². The molecule has 1 aromatic rings. The highest BCUT2D eigenvalue weighted by Gasteiger charge is 2.41. The van der Waals surface area contributed by atoms with Crippen molar-refractivity contribution < 1.29 is 14.0 Å². The number of nitrogens with one attached hydrogen (secondary N) is 1. The van der Waals surface area contributed by atoms with E-state index in [-0.39, 0.29) is 23.9 Å². The molecule has 0 bridgehead atoms. The third-order valence-electron chi connectivity index (χ3n) is 4.46. The molecular weight excluding hydrogens is 268 g/mol. The average Bonchev–Trinajstić information content (AvgIpc) is 3.19. The number of aryl methyl sites for hydroxylation is 1. The van der Waals surface area contributed by atoms with Gasteiger partial charge in [0.05, 0.1) is 6.26 Å². The van der Waals surface area contributed by atoms with Crippen LogP contribution in [0.5, 0.6) is 0 Å². The number of amides is 2. The van der Waals surface area contributed by atoms with Crippen LogP contribution in [0, 0.1) is 5.92 Å². The van der Waals surface area contributed by atoms with Gasteiger partial charge in [-0.25, -0.2) is 0 Å². The van der Waals surface area contributed by atoms with Gasteiger partial charge >= 0.3 is 0 Å². The van der Waals surface area contributed by atoms with Crippen LogP contribution in [0.3, 0.4) is 0 Å². The Bertz CT molecular complexity index is 508. The van der Waals surface area contributed by atoms with E-state index >= 15 is 0 Å². The summed E-state index contributed by atoms with van der Waals surface area (Å²) in [5, 5.41) is 2.90. The lowest BCUT2D eigenvalue weighted by Gasteiger charge is -2.30. The first-order valence-electron chi connectivity index (χ1n) is 7.77. The van der Waals surface area contributed by atoms with Gasteiger partial charge in [0.1, 0.15) is 11.8 Å². The summed E-state index contributed by atoms with van der Waals surface area (Å²) in [5.74, 6) is 1.38. The van der Waals surface area contributed by atoms with Crippen LogP contribution in [0.4, 0.5) is 0 Å². The highest BCUT2D eigenvalue weighted by atomic mass is 16.3. The van der Waals surface area contributed by atoms with Gasteiger partial charge in [0.15, 0.2) is 0 Å². The van der Waals surface area contributed by atoms with Gasteiger partial charge in [-0.05, 0) is 44.2 Å². The third-order valence-corrected chi connectivity index (χ3v) is 4.46. The normalized spacial score (nSPS) is 24.6. The van der Waals surface area contributed by atoms with Crippen LogP contribution in [0.1, 0.15) is 38.4 Å². The molecule has 114 valence electrons. The summed E-state index contributed by atoms with van der Waals surface area (Å²) in [6.07, 6.45) is 5.83. The predicted molar refractivity (Wildman–Crippen MR) is 77.5 cm³/mol. The lowest BCUT2D eigenvalue weighted by atomic mass is 10.1. The monoisotopic (exact) mass is 290 g/mol. The van der Waals surface area contributed by atoms with E-state index in [2.05, 4.69) is 12.2 Å². The summed E-state index contributed by atoms with van der Waals surface area (Å²) in [5.41, 5.74) is 0. The maximum Gasteiger partial charge on any atom is 0.245 e. The van der Waals surface area contributed by atoms with Gasteiger partial charge in [-0.15, -0.1) is 0 Å². The third kappa shape index (κ3) is 3.28. The molecule has 1 N–H and O–H groups in total. The second-order valence-electron chi connectivity index (χ2n) is 6.13. The van der Waals surface area contributed by atoms with Crippen molar-refractivity contribution in [2.24, 2.45) is 5.92 Å². The Morgan fingerprint density at radius 3 is 2.90 bits per heavy atom. The molecule has 1 aliphatic carbocycles. The smallest absolute Gasteiger partial charge is 0.245 e. The SMILES string of the molecule is CC(CCc1ccco1)N1CCC(=O)NC(C2CC2)C1=O. The summed E-state index contributed by atoms with van der Waals surface area (Å²) in [6.45, 7) is 2.58. The number of rotatable bonds is 5. The molecule has 2 heterocycles. The van der Waals surface area contributed by atoms with Crippen molar-refractivity contribution in [3.63, 3.8) is 0 Å². The summed E-state index contributed by atoms with van der Waals surface area (Å²) in [4.78, 5) is 26.3. The number of carbonyl (C=O) groups is 2. The number of hydrogen-bond donors (Lipinski definition) is 1. The Kier molecular flexibility index (Phi) is 3.99. The molecule has 2 aliphatic rings. The zero-order valence-corrected chi connectivity index (χ0v) is 12.4. The molecule has 5 heteroatoms. The maximum absolute atomic E-state index is 12.7. The van der Waals surface area contributed by atoms with E-state index in [0.717, 1.165) is 31.4 Å². The highest BCUT2D eigenvalue weighted by molar-refractivity contribution is 5.90. The van der Waals surface area contributed by atoms with E-state index in [1.807, 2.05) is 17.0 Å². The lowest BCUT2D eigenvalue weighted by molar-refractivity contribution is -0.136. The minimum Gasteiger partial charge on any atom is -0.469 e. The number of nitrogens with zero attached hydrogens (tertiary/aromatic N) is 1. The Morgan fingerprint density at radius 1 is 1.43 bits per heavy atom. The summed E-state index contributed by atoms with van der Waals surface area (Å²) >= 11 is 0. The van der Waals surface area contributed by atoms with Crippen molar-refractivity contribution in [1.82, 2.24) is 10.2 Å². The van der Waals surface area contributed by atoms with Crippen LogP contribution < -0.4 is 5.32 Å². The van der Waals surface area contributed by atoms with Crippen molar-refractivity contribution in [3.05, 3.63) is 24.2 Å². The topological polar surface area (TPSA) is 62.6 Å². The van der Waals surface area contributed by atoms with Crippen molar-refractivity contribution in [1.29, 1.82) is 0 Å². The minimum absolute atomic E-state index is 0.000912. The van der Waals surface area contributed by atoms with Crippen LogP contribution in [0.2, 0.25) is 0 Å². The quantitative estimate of drug-likeness (QED) is 0.898. The first-order valence-corrected chi connectivity index (χ1v) is 7.77. The second-order valence-corrected chi connectivity index (χ2v) is 6.13. The van der Waals surface area contributed by atoms with Crippen LogP contribution >= 0.6 is 0 Å². The van der Waals surface area contributed by atoms with E-state index in [4.69, 9.17) is 4.42 Å². The predicted octanol–water partition coefficient (Wildman–Crippen LogP) is 1.73. The zero-order chi connectivity index (χ0) is 14.8. The van der Waals surface area contributed by atoms with E-state index < -0.39 is 0 Å². The van der Waals surface area contributed by atoms with Gasteiger partial charge in [-0.3, -0.25) is 9.59 Å². The molecule has 1 aliphatic heterocycles. The van der Waals surface area contributed by atoms with Gasteiger partial charge < -0.3 is 14.6 Å². The maximum atomic E-state index is 12.7. The minimum atomic E-state index is -0.300. The zero-order valence-electron chi connectivity index (χ0n) is 12.4. The molecule has 2 unspecified atom stereocenters. The van der Waals surface area contributed by atoms with E-state index in [1.165, 1.54) is 0 Å². The van der Waals surface area contributed by atoms with Crippen LogP contribution in [0.25, 0.3) is 0 Å². The van der Waals surface area contributed by atoms with Crippen LogP contribution in [0.15, 0.2) is 22.8 Å². The Labute approximate surface area is 124 Å². The largest absolute Gasteiger partial charge is 0.469 e. The molecule has 2 amide bonds. The summed E-state index contributed by atoms with van der Waals surface area (Å²) < 4.78 is 5.34. The molecule has 1 aromatic heterocycles. The number of carbonyl (C=O) groups excluding carboxylic acids is 2. The van der Waals surface area contributed by atoms with Gasteiger partial charge in [0, 0.05) is 25.4 Å². The first-order chi connectivity index (χ1) is 10.1. The van der Waals surface area contributed by atoms with Crippen molar-refractivity contribution in [3.8, 4) is 0 Å². The molecule has 0 spiro atoms. The Morgan fingerprint density at radius 2 is 2.24 bits per heavy atom. The fourth-order valence-electron chi connectivity index (χ4n) is 2.97. The van der Waals surface area contributed by atoms with Gasteiger partial charge in [0.2, 0.25) is 11.8 Å². The van der Waals surface area contributed by atoms with Crippen molar-refractivity contribution in [2.75, 3.05) is 6.54 Å². The van der Waals surface area contributed by atoms with Crippen molar-refractivity contribution >= 4 is 11.8 Å². The van der Waals surface area contributed by atoms with Gasteiger partial charge in [-0.2, -0.15) is 0 Å². The highest BCUT2D eigenvalue weighted by Crippen LogP contribution is 2.34. The Hall–Kier alpha value is -1.78. The number of furan rings is 1. The number of hydrogen-bond acceptors (Lipinski definition) is 3. The van der Waals surface area contributed by atoms with E-state index in [1.54, 1.807) is 6.26 Å². The molecule has 0 radical (unpaired) electrons. The lowest BCUT2D eigenvalue weighted by Crippen LogP contribution is -2.48. The van der Waals surface area contributed by atoms with Crippen molar-refractivity contribution in [2.45, 2.75) is 51.1 Å². The fraction of sp³-hybridized carbons (Fsp3) is 0.625. The molecule has 5 nitrogen and oxygen atoms in total. The summed E-state index contributed by atoms with van der Waals surface area (Å²) in [6, 6.07) is 3.65. The average molecular weight is 290 g/mol. The summed E-state index contributed by atoms with van der Waals surface area (Å²) in [7, 11) is 0. The standard InChI is InChI=1S/C16H22N2O3/c1-11(4-7-13-3-2-10-21-13)18-9-8-14(19)17-15(16(18)20)12-5-6-12/h2-3,10-12,15H,4-9H2,1H3,(H,17,19).